The molecule has 2 atom stereocenters. The highest BCUT2D eigenvalue weighted by Gasteiger charge is 2.47. The van der Waals surface area contributed by atoms with E-state index in [2.05, 4.69) is 66.8 Å². The summed E-state index contributed by atoms with van der Waals surface area (Å²) in [5.74, 6) is 0.719. The van der Waals surface area contributed by atoms with Crippen LogP contribution in [0, 0.1) is 11.8 Å². The van der Waals surface area contributed by atoms with Gasteiger partial charge in [0.15, 0.2) is 0 Å². The van der Waals surface area contributed by atoms with Gasteiger partial charge in [0.05, 0.1) is 14.0 Å². The molecule has 0 fully saturated rings. The first-order chi connectivity index (χ1) is 9.62. The minimum atomic E-state index is -1.34. The molecule has 2 aliphatic rings. The number of hydrogen-bond donors (Lipinski definition) is 1. The van der Waals surface area contributed by atoms with Gasteiger partial charge in [0.25, 0.3) is 0 Å². The lowest BCUT2D eigenvalue weighted by Crippen LogP contribution is -2.49. The van der Waals surface area contributed by atoms with Gasteiger partial charge in [0.2, 0.25) is 0 Å². The summed E-state index contributed by atoms with van der Waals surface area (Å²) in [7, 11) is -1.34. The maximum absolute atomic E-state index is 11.9. The molecule has 1 N–H and O–H groups in total. The van der Waals surface area contributed by atoms with Crippen molar-refractivity contribution in [2.24, 2.45) is 11.8 Å². The first-order valence-electron chi connectivity index (χ1n) is 8.13. The Balaban J connectivity index is 2.61. The van der Waals surface area contributed by atoms with Gasteiger partial charge in [0.1, 0.15) is 0 Å². The first-order valence-corrected chi connectivity index (χ1v) is 11.0. The molecule has 0 aromatic carbocycles. The number of allylic oxidation sites excluding steroid dienone is 6. The maximum Gasteiger partial charge on any atom is 0.0935 e. The Labute approximate surface area is 131 Å². The van der Waals surface area contributed by atoms with Crippen molar-refractivity contribution in [2.45, 2.75) is 59.9 Å². The smallest absolute Gasteiger partial charge is 0.0935 e. The molecule has 1 nitrogen and oxygen atoms in total. The van der Waals surface area contributed by atoms with E-state index in [9.17, 15) is 5.11 Å². The summed E-state index contributed by atoms with van der Waals surface area (Å²) in [5.41, 5.74) is 7.85. The van der Waals surface area contributed by atoms with Gasteiger partial charge in [-0.05, 0) is 50.0 Å². The summed E-state index contributed by atoms with van der Waals surface area (Å²) in [6, 6.07) is 0. The van der Waals surface area contributed by atoms with Crippen molar-refractivity contribution in [3.63, 3.8) is 0 Å². The second-order valence-electron chi connectivity index (χ2n) is 7.33. The van der Waals surface area contributed by atoms with Gasteiger partial charge < -0.3 is 5.11 Å². The average molecular weight is 303 g/mol. The van der Waals surface area contributed by atoms with Gasteiger partial charge in [-0.1, -0.05) is 50.2 Å². The van der Waals surface area contributed by atoms with E-state index in [4.69, 9.17) is 0 Å². The molecule has 0 heterocycles. The third-order valence-corrected chi connectivity index (χ3v) is 7.92. The molecule has 0 aromatic heterocycles. The van der Waals surface area contributed by atoms with Crippen LogP contribution in [0.1, 0.15) is 41.5 Å². The molecule has 116 valence electrons. The minimum Gasteiger partial charge on any atom is -0.385 e. The molecule has 0 amide bonds. The van der Waals surface area contributed by atoms with Crippen LogP contribution in [0.4, 0.5) is 0 Å². The molecule has 0 radical (unpaired) electrons. The van der Waals surface area contributed by atoms with Crippen LogP contribution in [0.15, 0.2) is 45.6 Å². The van der Waals surface area contributed by atoms with E-state index in [1.54, 1.807) is 0 Å². The lowest BCUT2D eigenvalue weighted by atomic mass is 9.83. The Morgan fingerprint density at radius 1 is 0.857 bits per heavy atom. The van der Waals surface area contributed by atoms with E-state index in [1.807, 2.05) is 0 Å². The fourth-order valence-corrected chi connectivity index (χ4v) is 6.45. The van der Waals surface area contributed by atoms with Crippen molar-refractivity contribution in [3.8, 4) is 0 Å². The fraction of sp³-hybridized carbons (Fsp3) is 0.579. The average Bonchev–Trinajstić information content (AvgIpc) is 2.76. The van der Waals surface area contributed by atoms with Gasteiger partial charge in [-0.3, -0.25) is 0 Å². The van der Waals surface area contributed by atoms with E-state index in [1.165, 1.54) is 33.4 Å². The zero-order chi connectivity index (χ0) is 16.1. The molecule has 0 saturated heterocycles. The molecular weight excluding hydrogens is 272 g/mol. The highest BCUT2D eigenvalue weighted by Crippen LogP contribution is 2.48. The van der Waals surface area contributed by atoms with E-state index in [0.717, 1.165) is 0 Å². The van der Waals surface area contributed by atoms with E-state index >= 15 is 0 Å². The fourth-order valence-electron chi connectivity index (χ4n) is 4.26. The van der Waals surface area contributed by atoms with Crippen LogP contribution >= 0.6 is 0 Å². The van der Waals surface area contributed by atoms with Gasteiger partial charge in [-0.2, -0.15) is 0 Å². The SMILES string of the molecule is CC1=CC(C)=C(C(O)(C2=C(C)C=C(C)C2C)[SiH](C)C)C1C. The Hall–Kier alpha value is -0.863. The van der Waals surface area contributed by atoms with Crippen molar-refractivity contribution < 1.29 is 5.11 Å². The van der Waals surface area contributed by atoms with E-state index in [0.29, 0.717) is 11.8 Å². The second-order valence-corrected chi connectivity index (χ2v) is 10.5. The van der Waals surface area contributed by atoms with Gasteiger partial charge in [0, 0.05) is 11.8 Å². The van der Waals surface area contributed by atoms with Crippen LogP contribution in [0.5, 0.6) is 0 Å². The van der Waals surface area contributed by atoms with Gasteiger partial charge in [-0.15, -0.1) is 0 Å². The third kappa shape index (κ3) is 2.33. The lowest BCUT2D eigenvalue weighted by molar-refractivity contribution is 0.176. The summed E-state index contributed by atoms with van der Waals surface area (Å²) in [6.45, 7) is 17.8. The van der Waals surface area contributed by atoms with Crippen LogP contribution in [-0.4, -0.2) is 19.1 Å². The molecule has 0 aliphatic heterocycles. The molecule has 2 rings (SSSR count). The van der Waals surface area contributed by atoms with Gasteiger partial charge in [-0.25, -0.2) is 0 Å². The lowest BCUT2D eigenvalue weighted by Gasteiger charge is -2.41. The quantitative estimate of drug-likeness (QED) is 0.757. The summed E-state index contributed by atoms with van der Waals surface area (Å²) in [5, 5.41) is 11.2. The Morgan fingerprint density at radius 2 is 1.19 bits per heavy atom. The van der Waals surface area contributed by atoms with Gasteiger partial charge >= 0.3 is 0 Å². The van der Waals surface area contributed by atoms with Crippen molar-refractivity contribution in [3.05, 3.63) is 45.6 Å². The van der Waals surface area contributed by atoms with E-state index < -0.39 is 14.0 Å². The summed E-state index contributed by atoms with van der Waals surface area (Å²) >= 11 is 0. The highest BCUT2D eigenvalue weighted by atomic mass is 28.3. The Bertz CT molecular complexity index is 541. The van der Waals surface area contributed by atoms with Crippen LogP contribution in [0.2, 0.25) is 13.1 Å². The third-order valence-electron chi connectivity index (χ3n) is 5.63. The maximum atomic E-state index is 11.9. The number of aliphatic hydroxyl groups is 1. The Kier molecular flexibility index (Phi) is 4.25. The van der Waals surface area contributed by atoms with Crippen LogP contribution in [0.25, 0.3) is 0 Å². The van der Waals surface area contributed by atoms with Crippen LogP contribution in [-0.2, 0) is 0 Å². The molecule has 0 saturated carbocycles. The summed E-state index contributed by atoms with van der Waals surface area (Å²) in [4.78, 5) is 0. The largest absolute Gasteiger partial charge is 0.385 e. The molecule has 0 aromatic rings. The zero-order valence-electron chi connectivity index (χ0n) is 14.8. The normalized spacial score (nSPS) is 29.2. The molecule has 0 bridgehead atoms. The summed E-state index contributed by atoms with van der Waals surface area (Å²) in [6.07, 6.45) is 4.52. The highest BCUT2D eigenvalue weighted by molar-refractivity contribution is 6.61. The van der Waals surface area contributed by atoms with Crippen molar-refractivity contribution in [2.75, 3.05) is 0 Å². The van der Waals surface area contributed by atoms with Crippen molar-refractivity contribution in [1.29, 1.82) is 0 Å². The van der Waals surface area contributed by atoms with Crippen LogP contribution < -0.4 is 0 Å². The molecular formula is C19H30OSi. The van der Waals surface area contributed by atoms with Crippen molar-refractivity contribution in [1.82, 2.24) is 0 Å². The monoisotopic (exact) mass is 302 g/mol. The standard InChI is InChI=1S/C19H30OSi/c1-11-9-13(3)17(15(11)5)19(20,21(7)8)18-14(4)10-12(2)16(18)6/h9-10,15-16,20-21H,1-8H3. The number of rotatable bonds is 3. The molecule has 2 heteroatoms. The van der Waals surface area contributed by atoms with Crippen LogP contribution in [0.3, 0.4) is 0 Å². The topological polar surface area (TPSA) is 20.2 Å². The number of hydrogen-bond acceptors (Lipinski definition) is 1. The second kappa shape index (κ2) is 5.40. The molecule has 2 aliphatic carbocycles. The first kappa shape index (κ1) is 16.5. The molecule has 21 heavy (non-hydrogen) atoms. The predicted octanol–water partition coefficient (Wildman–Crippen LogP) is 4.57. The zero-order valence-corrected chi connectivity index (χ0v) is 16.0. The van der Waals surface area contributed by atoms with E-state index in [-0.39, 0.29) is 0 Å². The molecule has 0 spiro atoms. The minimum absolute atomic E-state index is 0.360. The predicted molar refractivity (Wildman–Crippen MR) is 95.1 cm³/mol. The molecule has 2 unspecified atom stereocenters. The summed E-state index contributed by atoms with van der Waals surface area (Å²) < 4.78 is 0. The Morgan fingerprint density at radius 3 is 1.38 bits per heavy atom. The van der Waals surface area contributed by atoms with Crippen molar-refractivity contribution >= 4 is 8.80 Å².